The average Bonchev–Trinajstić information content (AvgIpc) is 3.21. The number of nitrogens with one attached hydrogen (secondary N) is 3. The zero-order valence-electron chi connectivity index (χ0n) is 16.7. The number of anilines is 1. The van der Waals surface area contributed by atoms with Gasteiger partial charge in [-0.3, -0.25) is 4.79 Å². The normalized spacial score (nSPS) is 11.5. The summed E-state index contributed by atoms with van der Waals surface area (Å²) in [6.45, 7) is 6.25. The van der Waals surface area contributed by atoms with Gasteiger partial charge in [0.2, 0.25) is 0 Å². The monoisotopic (exact) mass is 418 g/mol. The Morgan fingerprint density at radius 3 is 2.62 bits per heavy atom. The van der Waals surface area contributed by atoms with Crippen LogP contribution in [0.2, 0.25) is 5.02 Å². The molecule has 29 heavy (non-hydrogen) atoms. The van der Waals surface area contributed by atoms with E-state index < -0.39 is 12.0 Å². The molecular formula is C19H23ClN6O3. The summed E-state index contributed by atoms with van der Waals surface area (Å²) >= 11 is 6.49. The highest BCUT2D eigenvalue weighted by Crippen LogP contribution is 2.33. The number of aromatic amines is 1. The summed E-state index contributed by atoms with van der Waals surface area (Å²) in [5, 5.41) is 14.8. The number of carbonyl (C=O) groups is 2. The zero-order valence-corrected chi connectivity index (χ0v) is 17.4. The second-order valence-corrected chi connectivity index (χ2v) is 7.85. The number of nitrogens with zero attached hydrogens (tertiary/aromatic N) is 3. The van der Waals surface area contributed by atoms with Crippen molar-refractivity contribution in [1.29, 1.82) is 0 Å². The molecule has 0 aliphatic heterocycles. The number of carbonyl (C=O) groups excluding carboxylic acids is 2. The highest BCUT2D eigenvalue weighted by atomic mass is 35.5. The van der Waals surface area contributed by atoms with Gasteiger partial charge >= 0.3 is 12.0 Å². The van der Waals surface area contributed by atoms with Crippen molar-refractivity contribution in [3.05, 3.63) is 35.0 Å². The van der Waals surface area contributed by atoms with Crippen molar-refractivity contribution >= 4 is 34.9 Å². The van der Waals surface area contributed by atoms with Gasteiger partial charge in [0.15, 0.2) is 11.5 Å². The SMILES string of the molecule is COC(=O)CCNC(=O)Nc1ccccc1-c1nn2nc(C(C)(C)C)c(Cl)c2[nH]1. The fourth-order valence-electron chi connectivity index (χ4n) is 2.74. The van der Waals surface area contributed by atoms with Crippen LogP contribution in [0.5, 0.6) is 0 Å². The Kier molecular flexibility index (Phi) is 5.78. The minimum atomic E-state index is -0.439. The third kappa shape index (κ3) is 4.51. The summed E-state index contributed by atoms with van der Waals surface area (Å²) in [5.74, 6) is 0.122. The number of amides is 2. The van der Waals surface area contributed by atoms with Crippen LogP contribution < -0.4 is 10.6 Å². The van der Waals surface area contributed by atoms with Gasteiger partial charge in [0, 0.05) is 17.5 Å². The van der Waals surface area contributed by atoms with Crippen LogP contribution in [0.25, 0.3) is 17.0 Å². The summed E-state index contributed by atoms with van der Waals surface area (Å²) in [5.41, 5.74) is 2.35. The van der Waals surface area contributed by atoms with Crippen molar-refractivity contribution in [1.82, 2.24) is 25.1 Å². The standard InChI is InChI=1S/C19H23ClN6O3/c1-19(2,3)15-14(20)17-23-16(25-26(17)24-15)11-7-5-6-8-12(11)22-18(28)21-10-9-13(27)29-4/h5-8H,9-10H2,1-4H3,(H,23,25)(H2,21,22,28). The molecule has 9 nitrogen and oxygen atoms in total. The van der Waals surface area contributed by atoms with E-state index in [9.17, 15) is 9.59 Å². The fourth-order valence-corrected chi connectivity index (χ4v) is 3.19. The number of ether oxygens (including phenoxy) is 1. The van der Waals surface area contributed by atoms with Gasteiger partial charge in [-0.25, -0.2) is 4.79 Å². The Hall–Kier alpha value is -3.07. The molecule has 1 aromatic carbocycles. The van der Waals surface area contributed by atoms with Gasteiger partial charge in [0.25, 0.3) is 0 Å². The van der Waals surface area contributed by atoms with Crippen LogP contribution in [0.1, 0.15) is 32.9 Å². The van der Waals surface area contributed by atoms with Crippen molar-refractivity contribution in [2.45, 2.75) is 32.6 Å². The third-order valence-electron chi connectivity index (χ3n) is 4.23. The lowest BCUT2D eigenvalue weighted by Crippen LogP contribution is -2.31. The molecule has 0 saturated heterocycles. The summed E-state index contributed by atoms with van der Waals surface area (Å²) < 4.78 is 6.01. The molecule has 3 aromatic rings. The van der Waals surface area contributed by atoms with Crippen LogP contribution in [0.15, 0.2) is 24.3 Å². The van der Waals surface area contributed by atoms with E-state index >= 15 is 0 Å². The van der Waals surface area contributed by atoms with Crippen molar-refractivity contribution in [2.75, 3.05) is 19.0 Å². The predicted molar refractivity (Wildman–Crippen MR) is 110 cm³/mol. The van der Waals surface area contributed by atoms with E-state index in [0.29, 0.717) is 27.7 Å². The van der Waals surface area contributed by atoms with E-state index in [1.807, 2.05) is 32.9 Å². The van der Waals surface area contributed by atoms with Gasteiger partial charge in [-0.2, -0.15) is 5.10 Å². The first-order valence-corrected chi connectivity index (χ1v) is 9.44. The van der Waals surface area contributed by atoms with Gasteiger partial charge in [0.1, 0.15) is 5.02 Å². The average molecular weight is 419 g/mol. The highest BCUT2D eigenvalue weighted by molar-refractivity contribution is 6.34. The van der Waals surface area contributed by atoms with Crippen LogP contribution in [0.4, 0.5) is 10.5 Å². The molecule has 0 spiro atoms. The molecule has 0 atom stereocenters. The molecule has 0 saturated carbocycles. The van der Waals surface area contributed by atoms with Crippen molar-refractivity contribution < 1.29 is 14.3 Å². The van der Waals surface area contributed by atoms with E-state index in [1.165, 1.54) is 11.7 Å². The van der Waals surface area contributed by atoms with Crippen LogP contribution in [0, 0.1) is 0 Å². The predicted octanol–water partition coefficient (Wildman–Crippen LogP) is 3.36. The lowest BCUT2D eigenvalue weighted by Gasteiger charge is -2.14. The van der Waals surface area contributed by atoms with E-state index in [-0.39, 0.29) is 18.4 Å². The lowest BCUT2D eigenvalue weighted by molar-refractivity contribution is -0.140. The molecule has 0 radical (unpaired) electrons. The van der Waals surface area contributed by atoms with Crippen LogP contribution in [-0.2, 0) is 14.9 Å². The molecule has 0 aliphatic carbocycles. The van der Waals surface area contributed by atoms with Gasteiger partial charge in [-0.1, -0.05) is 44.5 Å². The van der Waals surface area contributed by atoms with Crippen LogP contribution >= 0.6 is 11.6 Å². The summed E-state index contributed by atoms with van der Waals surface area (Å²) in [7, 11) is 1.30. The van der Waals surface area contributed by atoms with Crippen LogP contribution in [0.3, 0.4) is 0 Å². The van der Waals surface area contributed by atoms with Crippen molar-refractivity contribution in [3.63, 3.8) is 0 Å². The number of hydrogen-bond donors (Lipinski definition) is 3. The third-order valence-corrected chi connectivity index (χ3v) is 4.58. The quantitative estimate of drug-likeness (QED) is 0.550. The Balaban J connectivity index is 1.82. The molecular weight excluding hydrogens is 396 g/mol. The number of halogens is 1. The number of fused-ring (bicyclic) bond motifs is 1. The Morgan fingerprint density at radius 2 is 1.97 bits per heavy atom. The largest absolute Gasteiger partial charge is 0.469 e. The minimum Gasteiger partial charge on any atom is -0.469 e. The number of para-hydroxylation sites is 1. The molecule has 0 unspecified atom stereocenters. The summed E-state index contributed by atoms with van der Waals surface area (Å²) in [6.07, 6.45) is 0.0928. The first-order valence-electron chi connectivity index (χ1n) is 9.06. The zero-order chi connectivity index (χ0) is 21.2. The molecule has 3 rings (SSSR count). The molecule has 2 heterocycles. The number of urea groups is 1. The fraction of sp³-hybridized carbons (Fsp3) is 0.368. The molecule has 10 heteroatoms. The van der Waals surface area contributed by atoms with Gasteiger partial charge in [-0.05, 0) is 12.1 Å². The van der Waals surface area contributed by atoms with E-state index in [2.05, 4.69) is 30.6 Å². The molecule has 2 aromatic heterocycles. The topological polar surface area (TPSA) is 113 Å². The molecule has 0 bridgehead atoms. The lowest BCUT2D eigenvalue weighted by atomic mass is 9.92. The molecule has 0 fully saturated rings. The maximum atomic E-state index is 12.2. The van der Waals surface area contributed by atoms with Crippen LogP contribution in [-0.4, -0.2) is 45.5 Å². The number of esters is 1. The number of benzene rings is 1. The molecule has 154 valence electrons. The number of aromatic nitrogens is 4. The number of H-pyrrole nitrogens is 1. The maximum absolute atomic E-state index is 12.2. The van der Waals surface area contributed by atoms with Crippen molar-refractivity contribution in [3.8, 4) is 11.4 Å². The molecule has 0 aliphatic rings. The highest BCUT2D eigenvalue weighted by Gasteiger charge is 2.25. The number of methoxy groups -OCH3 is 1. The summed E-state index contributed by atoms with van der Waals surface area (Å²) in [4.78, 5) is 26.5. The number of rotatable bonds is 5. The Labute approximate surface area is 172 Å². The smallest absolute Gasteiger partial charge is 0.319 e. The second kappa shape index (κ2) is 8.12. The first-order chi connectivity index (χ1) is 13.7. The first kappa shape index (κ1) is 20.7. The summed E-state index contributed by atoms with van der Waals surface area (Å²) in [6, 6.07) is 6.77. The van der Waals surface area contributed by atoms with E-state index in [4.69, 9.17) is 11.6 Å². The van der Waals surface area contributed by atoms with E-state index in [1.54, 1.807) is 12.1 Å². The Morgan fingerprint density at radius 1 is 1.24 bits per heavy atom. The van der Waals surface area contributed by atoms with E-state index in [0.717, 1.165) is 5.69 Å². The molecule has 3 N–H and O–H groups in total. The maximum Gasteiger partial charge on any atom is 0.319 e. The van der Waals surface area contributed by atoms with Gasteiger partial charge in [-0.15, -0.1) is 9.73 Å². The minimum absolute atomic E-state index is 0.0928. The van der Waals surface area contributed by atoms with Gasteiger partial charge < -0.3 is 20.4 Å². The van der Waals surface area contributed by atoms with Gasteiger partial charge in [0.05, 0.1) is 24.9 Å². The van der Waals surface area contributed by atoms with Crippen molar-refractivity contribution in [2.24, 2.45) is 0 Å². The Bertz CT molecular complexity index is 1050. The molecule has 2 amide bonds. The number of hydrogen-bond acceptors (Lipinski definition) is 5. The second-order valence-electron chi connectivity index (χ2n) is 7.48.